The van der Waals surface area contributed by atoms with E-state index >= 15 is 0 Å². The maximum atomic E-state index is 11.3. The first kappa shape index (κ1) is 13.4. The van der Waals surface area contributed by atoms with Crippen LogP contribution in [0.4, 0.5) is 0 Å². The van der Waals surface area contributed by atoms with Crippen LogP contribution in [0.5, 0.6) is 0 Å². The van der Waals surface area contributed by atoms with Crippen molar-refractivity contribution in [2.75, 3.05) is 6.54 Å². The molecular weight excluding hydrogens is 254 g/mol. The number of rotatable bonds is 6. The van der Waals surface area contributed by atoms with E-state index in [-0.39, 0.29) is 5.25 Å². The normalized spacial score (nSPS) is 14.8. The van der Waals surface area contributed by atoms with Gasteiger partial charge in [-0.1, -0.05) is 22.9 Å². The van der Waals surface area contributed by atoms with Crippen molar-refractivity contribution in [3.63, 3.8) is 0 Å². The van der Waals surface area contributed by atoms with Gasteiger partial charge in [0.1, 0.15) is 0 Å². The zero-order chi connectivity index (χ0) is 10.5. The fourth-order valence-electron chi connectivity index (χ4n) is 0.764. The molecule has 0 aromatic heterocycles. The third-order valence-electron chi connectivity index (χ3n) is 1.70. The van der Waals surface area contributed by atoms with Gasteiger partial charge >= 0.3 is 0 Å². The molecule has 0 aliphatic rings. The third-order valence-corrected chi connectivity index (χ3v) is 4.01. The summed E-state index contributed by atoms with van der Waals surface area (Å²) in [4.78, 5) is 0.455. The zero-order valence-electron chi connectivity index (χ0n) is 8.38. The highest BCUT2D eigenvalue weighted by Crippen LogP contribution is 2.05. The molecule has 3 nitrogen and oxygen atoms in total. The van der Waals surface area contributed by atoms with Gasteiger partial charge in [-0.2, -0.15) is 0 Å². The van der Waals surface area contributed by atoms with Crippen LogP contribution in [-0.2, 0) is 10.0 Å². The summed E-state index contributed by atoms with van der Waals surface area (Å²) in [6.07, 6.45) is 1.86. The summed E-state index contributed by atoms with van der Waals surface area (Å²) in [7, 11) is -3.06. The number of alkyl halides is 1. The van der Waals surface area contributed by atoms with Gasteiger partial charge in [0.15, 0.2) is 0 Å². The molecular formula is C8H18BrNO2S. The Kier molecular flexibility index (Phi) is 6.16. The summed E-state index contributed by atoms with van der Waals surface area (Å²) in [5, 5.41) is -0.339. The van der Waals surface area contributed by atoms with Gasteiger partial charge in [0.25, 0.3) is 0 Å². The second kappa shape index (κ2) is 5.98. The molecule has 0 radical (unpaired) electrons. The Bertz CT molecular complexity index is 224. The standard InChI is InChI=1S/C8H18BrNO2S/c1-7(2)13(11,12)10-6-4-5-8(3)9/h7-8,10H,4-6H2,1-3H3. The molecule has 0 aromatic rings. The molecule has 0 amide bonds. The van der Waals surface area contributed by atoms with Gasteiger partial charge in [-0.05, 0) is 26.7 Å². The van der Waals surface area contributed by atoms with Crippen LogP contribution in [0, 0.1) is 0 Å². The van der Waals surface area contributed by atoms with E-state index in [9.17, 15) is 8.42 Å². The van der Waals surface area contributed by atoms with Crippen molar-refractivity contribution in [1.82, 2.24) is 4.72 Å². The molecule has 0 aromatic carbocycles. The van der Waals surface area contributed by atoms with E-state index in [1.54, 1.807) is 13.8 Å². The van der Waals surface area contributed by atoms with Gasteiger partial charge in [0.05, 0.1) is 5.25 Å². The predicted molar refractivity (Wildman–Crippen MR) is 59.7 cm³/mol. The largest absolute Gasteiger partial charge is 0.215 e. The Labute approximate surface area is 89.5 Å². The van der Waals surface area contributed by atoms with Gasteiger partial charge in [0, 0.05) is 11.4 Å². The van der Waals surface area contributed by atoms with Crippen LogP contribution in [0.1, 0.15) is 33.6 Å². The maximum Gasteiger partial charge on any atom is 0.213 e. The lowest BCUT2D eigenvalue weighted by Gasteiger charge is -2.09. The van der Waals surface area contributed by atoms with Crippen molar-refractivity contribution in [3.8, 4) is 0 Å². The number of hydrogen-bond donors (Lipinski definition) is 1. The van der Waals surface area contributed by atoms with Crippen molar-refractivity contribution in [3.05, 3.63) is 0 Å². The van der Waals surface area contributed by atoms with E-state index in [0.29, 0.717) is 11.4 Å². The summed E-state index contributed by atoms with van der Waals surface area (Å²) in [5.41, 5.74) is 0. The van der Waals surface area contributed by atoms with Gasteiger partial charge in [-0.15, -0.1) is 0 Å². The molecule has 0 heterocycles. The molecule has 1 atom stereocenters. The Morgan fingerprint density at radius 1 is 1.31 bits per heavy atom. The molecule has 0 aliphatic heterocycles. The predicted octanol–water partition coefficient (Wildman–Crippen LogP) is 1.88. The lowest BCUT2D eigenvalue weighted by atomic mass is 10.2. The van der Waals surface area contributed by atoms with E-state index < -0.39 is 10.0 Å². The van der Waals surface area contributed by atoms with Gasteiger partial charge in [0.2, 0.25) is 10.0 Å². The van der Waals surface area contributed by atoms with Crippen molar-refractivity contribution < 1.29 is 8.42 Å². The monoisotopic (exact) mass is 271 g/mol. The highest BCUT2D eigenvalue weighted by atomic mass is 79.9. The fraction of sp³-hybridized carbons (Fsp3) is 1.00. The van der Waals surface area contributed by atoms with Crippen molar-refractivity contribution in [2.24, 2.45) is 0 Å². The van der Waals surface area contributed by atoms with Crippen LogP contribution < -0.4 is 4.72 Å². The molecule has 0 saturated carbocycles. The second-order valence-corrected chi connectivity index (χ2v) is 7.30. The maximum absolute atomic E-state index is 11.3. The number of sulfonamides is 1. The van der Waals surface area contributed by atoms with Crippen LogP contribution >= 0.6 is 15.9 Å². The van der Waals surface area contributed by atoms with Crippen LogP contribution in [0.3, 0.4) is 0 Å². The third kappa shape index (κ3) is 6.46. The minimum absolute atomic E-state index is 0.339. The van der Waals surface area contributed by atoms with Crippen molar-refractivity contribution >= 4 is 26.0 Å². The van der Waals surface area contributed by atoms with E-state index in [1.165, 1.54) is 0 Å². The minimum Gasteiger partial charge on any atom is -0.215 e. The van der Waals surface area contributed by atoms with E-state index in [1.807, 2.05) is 0 Å². The van der Waals surface area contributed by atoms with Crippen LogP contribution in [0.15, 0.2) is 0 Å². The average Bonchev–Trinajstić information content (AvgIpc) is 1.97. The minimum atomic E-state index is -3.06. The molecule has 0 spiro atoms. The molecule has 5 heteroatoms. The molecule has 0 bridgehead atoms. The molecule has 0 saturated heterocycles. The molecule has 0 fully saturated rings. The Morgan fingerprint density at radius 3 is 2.23 bits per heavy atom. The van der Waals surface area contributed by atoms with Gasteiger partial charge in [-0.3, -0.25) is 0 Å². The van der Waals surface area contributed by atoms with Crippen LogP contribution in [0.2, 0.25) is 0 Å². The first-order valence-electron chi connectivity index (χ1n) is 4.49. The summed E-state index contributed by atoms with van der Waals surface area (Å²) < 4.78 is 25.1. The summed E-state index contributed by atoms with van der Waals surface area (Å²) >= 11 is 3.41. The first-order chi connectivity index (χ1) is 5.86. The van der Waals surface area contributed by atoms with Crippen molar-refractivity contribution in [1.29, 1.82) is 0 Å². The summed E-state index contributed by atoms with van der Waals surface area (Å²) in [6.45, 7) is 5.94. The van der Waals surface area contributed by atoms with E-state index in [4.69, 9.17) is 0 Å². The molecule has 1 N–H and O–H groups in total. The molecule has 0 rings (SSSR count). The summed E-state index contributed by atoms with van der Waals surface area (Å²) in [5.74, 6) is 0. The second-order valence-electron chi connectivity index (χ2n) is 3.41. The van der Waals surface area contributed by atoms with E-state index in [0.717, 1.165) is 12.8 Å². The lowest BCUT2D eigenvalue weighted by molar-refractivity contribution is 0.568. The molecule has 80 valence electrons. The molecule has 1 unspecified atom stereocenters. The topological polar surface area (TPSA) is 46.2 Å². The van der Waals surface area contributed by atoms with Gasteiger partial charge < -0.3 is 0 Å². The number of nitrogens with one attached hydrogen (secondary N) is 1. The number of halogens is 1. The quantitative estimate of drug-likeness (QED) is 0.592. The fourth-order valence-corrected chi connectivity index (χ4v) is 1.85. The SMILES string of the molecule is CC(Br)CCCNS(=O)(=O)C(C)C. The molecule has 0 aliphatic carbocycles. The lowest BCUT2D eigenvalue weighted by Crippen LogP contribution is -2.31. The zero-order valence-corrected chi connectivity index (χ0v) is 10.8. The van der Waals surface area contributed by atoms with Crippen LogP contribution in [-0.4, -0.2) is 25.0 Å². The van der Waals surface area contributed by atoms with Crippen LogP contribution in [0.25, 0.3) is 0 Å². The highest BCUT2D eigenvalue weighted by molar-refractivity contribution is 9.09. The first-order valence-corrected chi connectivity index (χ1v) is 6.95. The van der Waals surface area contributed by atoms with Gasteiger partial charge in [-0.25, -0.2) is 13.1 Å². The Hall–Kier alpha value is 0.390. The van der Waals surface area contributed by atoms with Crippen molar-refractivity contribution in [2.45, 2.75) is 43.7 Å². The summed E-state index contributed by atoms with van der Waals surface area (Å²) in [6, 6.07) is 0. The number of hydrogen-bond acceptors (Lipinski definition) is 2. The smallest absolute Gasteiger partial charge is 0.213 e. The molecule has 13 heavy (non-hydrogen) atoms. The Balaban J connectivity index is 3.66. The van der Waals surface area contributed by atoms with E-state index in [2.05, 4.69) is 27.6 Å². The average molecular weight is 272 g/mol. The highest BCUT2D eigenvalue weighted by Gasteiger charge is 2.13. The Morgan fingerprint density at radius 2 is 1.85 bits per heavy atom.